The molecule has 1 saturated heterocycles. The summed E-state index contributed by atoms with van der Waals surface area (Å²) in [4.78, 5) is 28.3. The molecule has 2 atom stereocenters. The van der Waals surface area contributed by atoms with Gasteiger partial charge in [0.25, 0.3) is 5.91 Å². The Morgan fingerprint density at radius 3 is 2.48 bits per heavy atom. The second kappa shape index (κ2) is 10.4. The van der Waals surface area contributed by atoms with Crippen molar-refractivity contribution in [1.29, 1.82) is 0 Å². The lowest BCUT2D eigenvalue weighted by Crippen LogP contribution is -2.32. The van der Waals surface area contributed by atoms with Crippen LogP contribution in [-0.2, 0) is 4.79 Å². The van der Waals surface area contributed by atoms with Crippen LogP contribution in [0.3, 0.4) is 0 Å². The van der Waals surface area contributed by atoms with Gasteiger partial charge in [-0.15, -0.1) is 12.4 Å². The molecule has 1 fully saturated rings. The van der Waals surface area contributed by atoms with Crippen LogP contribution in [0.15, 0.2) is 54.6 Å². The van der Waals surface area contributed by atoms with E-state index < -0.39 is 0 Å². The second-order valence-electron chi connectivity index (χ2n) is 7.54. The summed E-state index contributed by atoms with van der Waals surface area (Å²) in [5.74, 6) is 0.516. The number of halogens is 1. The number of nitrogens with zero attached hydrogens (tertiary/aromatic N) is 2. The van der Waals surface area contributed by atoms with Crippen molar-refractivity contribution in [2.75, 3.05) is 45.6 Å². The van der Waals surface area contributed by atoms with Gasteiger partial charge < -0.3 is 16.0 Å². The van der Waals surface area contributed by atoms with Crippen molar-refractivity contribution in [3.05, 3.63) is 65.7 Å². The molecule has 0 aliphatic carbocycles. The van der Waals surface area contributed by atoms with E-state index in [0.29, 0.717) is 36.2 Å². The van der Waals surface area contributed by atoms with Gasteiger partial charge in [0.1, 0.15) is 0 Å². The van der Waals surface area contributed by atoms with Crippen molar-refractivity contribution in [3.8, 4) is 0 Å². The quantitative estimate of drug-likeness (QED) is 0.758. The third-order valence-corrected chi connectivity index (χ3v) is 5.21. The molecule has 3 N–H and O–H groups in total. The Hall–Kier alpha value is -2.41. The average Bonchev–Trinajstić information content (AvgIpc) is 3.10. The predicted molar refractivity (Wildman–Crippen MR) is 119 cm³/mol. The number of amides is 2. The maximum atomic E-state index is 12.5. The summed E-state index contributed by atoms with van der Waals surface area (Å²) < 4.78 is 0. The SMILES string of the molecule is CN(C)C(=O)c1cccc(NC(=O)CN2C[C@@H](CN)[C@H](c3ccccc3)C2)c1.Cl. The van der Waals surface area contributed by atoms with E-state index in [4.69, 9.17) is 5.73 Å². The molecule has 2 aromatic rings. The summed E-state index contributed by atoms with van der Waals surface area (Å²) in [7, 11) is 3.41. The smallest absolute Gasteiger partial charge is 0.253 e. The van der Waals surface area contributed by atoms with E-state index in [9.17, 15) is 9.59 Å². The Balaban J connectivity index is 0.00000300. The number of nitrogens with two attached hydrogens (primary N) is 1. The monoisotopic (exact) mass is 416 g/mol. The Morgan fingerprint density at radius 2 is 1.83 bits per heavy atom. The van der Waals surface area contributed by atoms with Crippen LogP contribution in [0.4, 0.5) is 5.69 Å². The van der Waals surface area contributed by atoms with E-state index in [0.717, 1.165) is 13.1 Å². The zero-order valence-electron chi connectivity index (χ0n) is 16.9. The van der Waals surface area contributed by atoms with Gasteiger partial charge in [0.05, 0.1) is 6.54 Å². The van der Waals surface area contributed by atoms with Crippen LogP contribution in [0, 0.1) is 5.92 Å². The molecule has 1 aliphatic heterocycles. The number of nitrogens with one attached hydrogen (secondary N) is 1. The van der Waals surface area contributed by atoms with Gasteiger partial charge in [-0.3, -0.25) is 14.5 Å². The third-order valence-electron chi connectivity index (χ3n) is 5.21. The second-order valence-corrected chi connectivity index (χ2v) is 7.54. The number of hydrogen-bond donors (Lipinski definition) is 2. The van der Waals surface area contributed by atoms with Gasteiger partial charge in [0.2, 0.25) is 5.91 Å². The van der Waals surface area contributed by atoms with Crippen LogP contribution in [0.2, 0.25) is 0 Å². The van der Waals surface area contributed by atoms with Crippen molar-refractivity contribution in [2.24, 2.45) is 11.7 Å². The summed E-state index contributed by atoms with van der Waals surface area (Å²) >= 11 is 0. The fraction of sp³-hybridized carbons (Fsp3) is 0.364. The Morgan fingerprint density at radius 1 is 1.10 bits per heavy atom. The number of likely N-dealkylation sites (tertiary alicyclic amines) is 1. The minimum Gasteiger partial charge on any atom is -0.345 e. The number of carbonyl (C=O) groups excluding carboxylic acids is 2. The molecule has 7 heteroatoms. The van der Waals surface area contributed by atoms with Gasteiger partial charge in [-0.25, -0.2) is 0 Å². The molecule has 0 bridgehead atoms. The van der Waals surface area contributed by atoms with Gasteiger partial charge >= 0.3 is 0 Å². The normalized spacial score (nSPS) is 18.7. The molecule has 29 heavy (non-hydrogen) atoms. The highest BCUT2D eigenvalue weighted by Gasteiger charge is 2.33. The number of carbonyl (C=O) groups is 2. The average molecular weight is 417 g/mol. The minimum absolute atomic E-state index is 0. The summed E-state index contributed by atoms with van der Waals surface area (Å²) in [5, 5.41) is 2.91. The molecule has 0 unspecified atom stereocenters. The Bertz CT molecular complexity index is 829. The number of hydrogen-bond acceptors (Lipinski definition) is 4. The molecular weight excluding hydrogens is 388 g/mol. The largest absolute Gasteiger partial charge is 0.345 e. The van der Waals surface area contributed by atoms with Crippen LogP contribution in [0.25, 0.3) is 0 Å². The molecular formula is C22H29ClN4O2. The zero-order valence-corrected chi connectivity index (χ0v) is 17.7. The number of rotatable bonds is 6. The lowest BCUT2D eigenvalue weighted by atomic mass is 9.89. The third kappa shape index (κ3) is 5.79. The molecule has 0 spiro atoms. The van der Waals surface area contributed by atoms with Gasteiger partial charge in [0, 0.05) is 44.4 Å². The lowest BCUT2D eigenvalue weighted by molar-refractivity contribution is -0.117. The molecule has 1 aliphatic rings. The molecule has 0 aromatic heterocycles. The fourth-order valence-corrected chi connectivity index (χ4v) is 3.80. The molecule has 1 heterocycles. The van der Waals surface area contributed by atoms with E-state index in [1.54, 1.807) is 38.4 Å². The van der Waals surface area contributed by atoms with E-state index in [-0.39, 0.29) is 24.2 Å². The number of anilines is 1. The van der Waals surface area contributed by atoms with E-state index >= 15 is 0 Å². The van der Waals surface area contributed by atoms with Crippen LogP contribution in [-0.4, -0.2) is 61.9 Å². The first-order chi connectivity index (χ1) is 13.5. The molecule has 2 aromatic carbocycles. The summed E-state index contributed by atoms with van der Waals surface area (Å²) in [5.41, 5.74) is 8.44. The van der Waals surface area contributed by atoms with Crippen molar-refractivity contribution in [3.63, 3.8) is 0 Å². The van der Waals surface area contributed by atoms with Crippen molar-refractivity contribution >= 4 is 29.9 Å². The standard InChI is InChI=1S/C22H28N4O2.ClH/c1-25(2)22(28)17-9-6-10-19(11-17)24-21(27)15-26-13-18(12-23)20(14-26)16-7-4-3-5-8-16;/h3-11,18,20H,12-15,23H2,1-2H3,(H,24,27);1H/t18-,20+;/m1./s1. The molecule has 0 saturated carbocycles. The Labute approximate surface area is 178 Å². The molecule has 156 valence electrons. The highest BCUT2D eigenvalue weighted by Crippen LogP contribution is 2.31. The Kier molecular flexibility index (Phi) is 8.20. The van der Waals surface area contributed by atoms with Gasteiger partial charge in [-0.2, -0.15) is 0 Å². The van der Waals surface area contributed by atoms with Crippen molar-refractivity contribution in [2.45, 2.75) is 5.92 Å². The van der Waals surface area contributed by atoms with Crippen molar-refractivity contribution < 1.29 is 9.59 Å². The van der Waals surface area contributed by atoms with Crippen LogP contribution in [0.1, 0.15) is 21.8 Å². The fourth-order valence-electron chi connectivity index (χ4n) is 3.80. The van der Waals surface area contributed by atoms with E-state index in [2.05, 4.69) is 22.3 Å². The first kappa shape index (κ1) is 22.9. The maximum Gasteiger partial charge on any atom is 0.253 e. The maximum absolute atomic E-state index is 12.5. The predicted octanol–water partition coefficient (Wildman–Crippen LogP) is 2.42. The topological polar surface area (TPSA) is 78.7 Å². The van der Waals surface area contributed by atoms with Gasteiger partial charge in [0.15, 0.2) is 0 Å². The van der Waals surface area contributed by atoms with Crippen LogP contribution in [0.5, 0.6) is 0 Å². The molecule has 3 rings (SSSR count). The molecule has 0 radical (unpaired) electrons. The summed E-state index contributed by atoms with van der Waals surface area (Å²) in [6.45, 7) is 2.54. The summed E-state index contributed by atoms with van der Waals surface area (Å²) in [6.07, 6.45) is 0. The van der Waals surface area contributed by atoms with Crippen LogP contribution < -0.4 is 11.1 Å². The molecule has 2 amide bonds. The van der Waals surface area contributed by atoms with Crippen molar-refractivity contribution in [1.82, 2.24) is 9.80 Å². The van der Waals surface area contributed by atoms with Crippen LogP contribution >= 0.6 is 12.4 Å². The lowest BCUT2D eigenvalue weighted by Gasteiger charge is -2.17. The van der Waals surface area contributed by atoms with Gasteiger partial charge in [-0.1, -0.05) is 36.4 Å². The van der Waals surface area contributed by atoms with E-state index in [1.807, 2.05) is 18.2 Å². The minimum atomic E-state index is -0.0906. The zero-order chi connectivity index (χ0) is 20.1. The highest BCUT2D eigenvalue weighted by molar-refractivity contribution is 5.97. The van der Waals surface area contributed by atoms with Gasteiger partial charge in [-0.05, 0) is 36.2 Å². The highest BCUT2D eigenvalue weighted by atomic mass is 35.5. The first-order valence-electron chi connectivity index (χ1n) is 9.57. The number of benzene rings is 2. The first-order valence-corrected chi connectivity index (χ1v) is 9.57. The molecule has 6 nitrogen and oxygen atoms in total. The van der Waals surface area contributed by atoms with E-state index in [1.165, 1.54) is 10.5 Å². The summed E-state index contributed by atoms with van der Waals surface area (Å²) in [6, 6.07) is 17.4.